The number of nitrogens with zero attached hydrogens (tertiary/aromatic N) is 5. The fourth-order valence-corrected chi connectivity index (χ4v) is 3.36. The molecule has 8 nitrogen and oxygen atoms in total. The van der Waals surface area contributed by atoms with Crippen LogP contribution in [-0.4, -0.2) is 37.1 Å². The zero-order chi connectivity index (χ0) is 18.6. The van der Waals surface area contributed by atoms with Gasteiger partial charge in [0.2, 0.25) is 5.65 Å². The Balaban J connectivity index is 1.48. The van der Waals surface area contributed by atoms with E-state index < -0.39 is 0 Å². The van der Waals surface area contributed by atoms with Crippen LogP contribution in [0.15, 0.2) is 48.1 Å². The monoisotopic (exact) mass is 380 g/mol. The van der Waals surface area contributed by atoms with E-state index in [2.05, 4.69) is 25.5 Å². The van der Waals surface area contributed by atoms with Crippen molar-refractivity contribution < 1.29 is 9.53 Å². The molecule has 0 bridgehead atoms. The minimum atomic E-state index is -0.260. The van der Waals surface area contributed by atoms with Crippen LogP contribution < -0.4 is 10.1 Å². The fraction of sp³-hybridized carbons (Fsp3) is 0.167. The summed E-state index contributed by atoms with van der Waals surface area (Å²) in [6.07, 6.45) is 3.34. The third kappa shape index (κ3) is 3.49. The molecule has 0 aliphatic carbocycles. The van der Waals surface area contributed by atoms with Crippen molar-refractivity contribution in [1.29, 1.82) is 0 Å². The van der Waals surface area contributed by atoms with Gasteiger partial charge in [0.25, 0.3) is 11.8 Å². The first kappa shape index (κ1) is 17.1. The van der Waals surface area contributed by atoms with Gasteiger partial charge in [-0.1, -0.05) is 30.3 Å². The zero-order valence-electron chi connectivity index (χ0n) is 14.5. The number of nitrogens with one attached hydrogen (secondary N) is 1. The van der Waals surface area contributed by atoms with Crippen LogP contribution in [0.1, 0.15) is 23.2 Å². The van der Waals surface area contributed by atoms with E-state index >= 15 is 0 Å². The van der Waals surface area contributed by atoms with Gasteiger partial charge in [-0.05, 0) is 6.92 Å². The van der Waals surface area contributed by atoms with Crippen LogP contribution in [-0.2, 0) is 6.54 Å². The molecular weight excluding hydrogens is 364 g/mol. The van der Waals surface area contributed by atoms with Crippen LogP contribution in [0.3, 0.4) is 0 Å². The predicted molar refractivity (Wildman–Crippen MR) is 101 cm³/mol. The second kappa shape index (κ2) is 7.50. The van der Waals surface area contributed by atoms with Crippen molar-refractivity contribution in [2.45, 2.75) is 13.5 Å². The smallest absolute Gasteiger partial charge is 0.271 e. The van der Waals surface area contributed by atoms with E-state index in [1.807, 2.05) is 37.3 Å². The van der Waals surface area contributed by atoms with E-state index in [-0.39, 0.29) is 12.5 Å². The molecule has 3 aromatic heterocycles. The minimum Gasteiger partial charge on any atom is -0.475 e. The van der Waals surface area contributed by atoms with Crippen LogP contribution in [0, 0.1) is 0 Å². The van der Waals surface area contributed by atoms with E-state index in [0.717, 1.165) is 10.6 Å². The number of carbonyl (C=O) groups is 1. The molecule has 4 aromatic rings. The molecule has 0 saturated carbocycles. The second-order valence-electron chi connectivity index (χ2n) is 5.56. The number of rotatable bonds is 6. The number of hydrogen-bond acceptors (Lipinski definition) is 7. The lowest BCUT2D eigenvalue weighted by atomic mass is 10.2. The lowest BCUT2D eigenvalue weighted by molar-refractivity contribution is 0.0945. The summed E-state index contributed by atoms with van der Waals surface area (Å²) in [5.74, 6) is 0.738. The number of benzene rings is 1. The molecule has 27 heavy (non-hydrogen) atoms. The van der Waals surface area contributed by atoms with Crippen molar-refractivity contribution in [3.05, 3.63) is 59.6 Å². The maximum absolute atomic E-state index is 12.4. The van der Waals surface area contributed by atoms with E-state index in [0.29, 0.717) is 29.7 Å². The van der Waals surface area contributed by atoms with Gasteiger partial charge in [0.05, 0.1) is 13.2 Å². The van der Waals surface area contributed by atoms with Crippen LogP contribution in [0.25, 0.3) is 16.2 Å². The highest BCUT2D eigenvalue weighted by Gasteiger charge is 2.15. The van der Waals surface area contributed by atoms with Crippen molar-refractivity contribution in [3.63, 3.8) is 0 Å². The van der Waals surface area contributed by atoms with Crippen molar-refractivity contribution in [2.75, 3.05) is 6.61 Å². The van der Waals surface area contributed by atoms with Crippen LogP contribution in [0.4, 0.5) is 0 Å². The number of aromatic nitrogens is 5. The van der Waals surface area contributed by atoms with Gasteiger partial charge in [-0.3, -0.25) is 9.20 Å². The molecule has 1 N–H and O–H groups in total. The van der Waals surface area contributed by atoms with Gasteiger partial charge < -0.3 is 10.1 Å². The molecule has 0 aliphatic heterocycles. The van der Waals surface area contributed by atoms with Crippen LogP contribution in [0.5, 0.6) is 5.88 Å². The Morgan fingerprint density at radius 3 is 2.93 bits per heavy atom. The van der Waals surface area contributed by atoms with Gasteiger partial charge in [-0.15, -0.1) is 21.5 Å². The zero-order valence-corrected chi connectivity index (χ0v) is 15.3. The normalized spacial score (nSPS) is 10.9. The SMILES string of the molecule is CCOc1nccn2c(CNC(=O)c3csc(-c4ccccc4)n3)nnc12. The Bertz CT molecular complexity index is 1080. The molecule has 4 rings (SSSR count). The summed E-state index contributed by atoms with van der Waals surface area (Å²) in [5, 5.41) is 13.6. The molecule has 9 heteroatoms. The van der Waals surface area contributed by atoms with Crippen molar-refractivity contribution in [1.82, 2.24) is 29.9 Å². The first-order chi connectivity index (χ1) is 13.3. The Labute approximate surface area is 158 Å². The number of thiazole rings is 1. The summed E-state index contributed by atoms with van der Waals surface area (Å²) in [6, 6.07) is 9.76. The van der Waals surface area contributed by atoms with E-state index in [1.165, 1.54) is 11.3 Å². The van der Waals surface area contributed by atoms with Crippen molar-refractivity contribution in [2.24, 2.45) is 0 Å². The van der Waals surface area contributed by atoms with Crippen LogP contribution >= 0.6 is 11.3 Å². The Morgan fingerprint density at radius 1 is 1.26 bits per heavy atom. The summed E-state index contributed by atoms with van der Waals surface area (Å²) in [5.41, 5.74) is 1.88. The number of hydrogen-bond donors (Lipinski definition) is 1. The summed E-state index contributed by atoms with van der Waals surface area (Å²) in [4.78, 5) is 21.0. The summed E-state index contributed by atoms with van der Waals surface area (Å²) < 4.78 is 7.19. The number of carbonyl (C=O) groups excluding carboxylic acids is 1. The first-order valence-electron chi connectivity index (χ1n) is 8.37. The molecule has 0 unspecified atom stereocenters. The maximum atomic E-state index is 12.4. The van der Waals surface area contributed by atoms with Gasteiger partial charge in [0, 0.05) is 23.3 Å². The van der Waals surface area contributed by atoms with Crippen molar-refractivity contribution in [3.8, 4) is 16.5 Å². The quantitative estimate of drug-likeness (QED) is 0.552. The lowest BCUT2D eigenvalue weighted by Crippen LogP contribution is -2.24. The maximum Gasteiger partial charge on any atom is 0.271 e. The Kier molecular flexibility index (Phi) is 4.75. The first-order valence-corrected chi connectivity index (χ1v) is 9.24. The second-order valence-corrected chi connectivity index (χ2v) is 6.42. The van der Waals surface area contributed by atoms with E-state index in [4.69, 9.17) is 4.74 Å². The summed E-state index contributed by atoms with van der Waals surface area (Å²) >= 11 is 1.43. The molecule has 1 amide bonds. The molecule has 0 radical (unpaired) electrons. The molecule has 0 atom stereocenters. The molecule has 0 fully saturated rings. The van der Waals surface area contributed by atoms with Gasteiger partial charge in [-0.2, -0.15) is 0 Å². The molecule has 3 heterocycles. The molecule has 0 aliphatic rings. The highest BCUT2D eigenvalue weighted by Crippen LogP contribution is 2.23. The third-order valence-electron chi connectivity index (χ3n) is 3.81. The average molecular weight is 380 g/mol. The topological polar surface area (TPSA) is 94.3 Å². The standard InChI is InChI=1S/C18H16N6O2S/c1-2-26-17-15-23-22-14(24(15)9-8-19-17)10-20-16(25)13-11-27-18(21-13)12-6-4-3-5-7-12/h3-9,11H,2,10H2,1H3,(H,20,25). The van der Waals surface area contributed by atoms with Gasteiger partial charge >= 0.3 is 0 Å². The number of fused-ring (bicyclic) bond motifs is 1. The largest absolute Gasteiger partial charge is 0.475 e. The van der Waals surface area contributed by atoms with Gasteiger partial charge in [-0.25, -0.2) is 9.97 Å². The Hall–Kier alpha value is -3.33. The van der Waals surface area contributed by atoms with Crippen molar-refractivity contribution >= 4 is 22.9 Å². The molecule has 136 valence electrons. The third-order valence-corrected chi connectivity index (χ3v) is 4.70. The van der Waals surface area contributed by atoms with E-state index in [1.54, 1.807) is 22.2 Å². The predicted octanol–water partition coefficient (Wildman–Crippen LogP) is 2.58. The highest BCUT2D eigenvalue weighted by molar-refractivity contribution is 7.13. The summed E-state index contributed by atoms with van der Waals surface area (Å²) in [6.45, 7) is 2.58. The molecule has 0 spiro atoms. The number of ether oxygens (including phenoxy) is 1. The minimum absolute atomic E-state index is 0.216. The average Bonchev–Trinajstić information content (AvgIpc) is 3.35. The van der Waals surface area contributed by atoms with Crippen LogP contribution in [0.2, 0.25) is 0 Å². The lowest BCUT2D eigenvalue weighted by Gasteiger charge is -2.04. The van der Waals surface area contributed by atoms with Gasteiger partial charge in [0.15, 0.2) is 5.82 Å². The number of amides is 1. The fourth-order valence-electron chi connectivity index (χ4n) is 2.55. The molecule has 0 saturated heterocycles. The molecule has 1 aromatic carbocycles. The highest BCUT2D eigenvalue weighted by atomic mass is 32.1. The van der Waals surface area contributed by atoms with Gasteiger partial charge in [0.1, 0.15) is 10.7 Å². The van der Waals surface area contributed by atoms with E-state index in [9.17, 15) is 4.79 Å². The Morgan fingerprint density at radius 2 is 2.11 bits per heavy atom. The summed E-state index contributed by atoms with van der Waals surface area (Å²) in [7, 11) is 0. The molecular formula is C18H16N6O2S.